The molecule has 0 saturated heterocycles. The van der Waals surface area contributed by atoms with E-state index in [0.29, 0.717) is 6.29 Å². The van der Waals surface area contributed by atoms with Gasteiger partial charge < -0.3 is 0 Å². The number of halogens is 3. The van der Waals surface area contributed by atoms with Crippen LogP contribution in [0.25, 0.3) is 5.69 Å². The Morgan fingerprint density at radius 3 is 2.59 bits per heavy atom. The van der Waals surface area contributed by atoms with Crippen molar-refractivity contribution in [1.82, 2.24) is 9.55 Å². The fourth-order valence-corrected chi connectivity index (χ4v) is 1.52. The Bertz CT molecular complexity index is 546. The van der Waals surface area contributed by atoms with Crippen LogP contribution >= 0.6 is 0 Å². The zero-order valence-electron chi connectivity index (χ0n) is 8.48. The van der Waals surface area contributed by atoms with Crippen molar-refractivity contribution in [3.63, 3.8) is 0 Å². The van der Waals surface area contributed by atoms with E-state index in [-0.39, 0.29) is 11.4 Å². The molecule has 0 saturated carbocycles. The molecular weight excluding hydrogens is 233 g/mol. The summed E-state index contributed by atoms with van der Waals surface area (Å²) in [5, 5.41) is 0. The van der Waals surface area contributed by atoms with Crippen molar-refractivity contribution in [2.75, 3.05) is 0 Å². The molecule has 0 aliphatic carbocycles. The highest BCUT2D eigenvalue weighted by Crippen LogP contribution is 2.33. The number of nitrogens with zero attached hydrogens (tertiary/aromatic N) is 2. The molecule has 88 valence electrons. The van der Waals surface area contributed by atoms with Gasteiger partial charge in [-0.3, -0.25) is 9.36 Å². The highest BCUT2D eigenvalue weighted by molar-refractivity contribution is 5.73. The van der Waals surface area contributed by atoms with Crippen LogP contribution in [-0.2, 0) is 6.18 Å². The lowest BCUT2D eigenvalue weighted by atomic mass is 10.1. The van der Waals surface area contributed by atoms with E-state index in [0.717, 1.165) is 10.6 Å². The molecule has 2 rings (SSSR count). The van der Waals surface area contributed by atoms with E-state index in [2.05, 4.69) is 4.98 Å². The standard InChI is InChI=1S/C11H7F3N2O/c12-11(13,14)9-3-1-2-4-10(9)16-7-15-5-8(16)6-17/h1-7H. The first-order chi connectivity index (χ1) is 8.04. The summed E-state index contributed by atoms with van der Waals surface area (Å²) >= 11 is 0. The molecule has 0 N–H and O–H groups in total. The van der Waals surface area contributed by atoms with Crippen LogP contribution in [0.15, 0.2) is 36.8 Å². The van der Waals surface area contributed by atoms with Crippen molar-refractivity contribution in [3.05, 3.63) is 48.0 Å². The zero-order chi connectivity index (χ0) is 12.5. The molecule has 0 radical (unpaired) electrons. The molecule has 3 nitrogen and oxygen atoms in total. The lowest BCUT2D eigenvalue weighted by Crippen LogP contribution is -2.11. The maximum Gasteiger partial charge on any atom is 0.418 e. The Labute approximate surface area is 94.5 Å². The first-order valence-electron chi connectivity index (χ1n) is 4.68. The van der Waals surface area contributed by atoms with Gasteiger partial charge in [0.25, 0.3) is 0 Å². The molecule has 17 heavy (non-hydrogen) atoms. The maximum atomic E-state index is 12.8. The number of carbonyl (C=O) groups is 1. The Hall–Kier alpha value is -2.11. The van der Waals surface area contributed by atoms with E-state index >= 15 is 0 Å². The van der Waals surface area contributed by atoms with Gasteiger partial charge in [-0.1, -0.05) is 12.1 Å². The molecule has 2 aromatic rings. The van der Waals surface area contributed by atoms with Crippen molar-refractivity contribution in [2.45, 2.75) is 6.18 Å². The molecule has 1 heterocycles. The number of para-hydroxylation sites is 1. The number of rotatable bonds is 2. The largest absolute Gasteiger partial charge is 0.418 e. The van der Waals surface area contributed by atoms with Crippen LogP contribution in [0.3, 0.4) is 0 Å². The predicted octanol–water partition coefficient (Wildman–Crippen LogP) is 2.70. The summed E-state index contributed by atoms with van der Waals surface area (Å²) in [5.74, 6) is 0. The SMILES string of the molecule is O=Cc1cncn1-c1ccccc1C(F)(F)F. The van der Waals surface area contributed by atoms with Crippen molar-refractivity contribution in [3.8, 4) is 5.69 Å². The fourth-order valence-electron chi connectivity index (χ4n) is 1.52. The summed E-state index contributed by atoms with van der Waals surface area (Å²) in [6.45, 7) is 0. The van der Waals surface area contributed by atoms with E-state index in [1.54, 1.807) is 0 Å². The number of hydrogen-bond donors (Lipinski definition) is 0. The van der Waals surface area contributed by atoms with E-state index in [1.165, 1.54) is 30.7 Å². The summed E-state index contributed by atoms with van der Waals surface area (Å²) in [4.78, 5) is 14.3. The molecule has 0 spiro atoms. The normalized spacial score (nSPS) is 11.5. The molecule has 0 fully saturated rings. The van der Waals surface area contributed by atoms with E-state index in [4.69, 9.17) is 0 Å². The van der Waals surface area contributed by atoms with E-state index in [9.17, 15) is 18.0 Å². The molecule has 0 atom stereocenters. The molecule has 0 unspecified atom stereocenters. The molecular formula is C11H7F3N2O. The highest BCUT2D eigenvalue weighted by atomic mass is 19.4. The maximum absolute atomic E-state index is 12.8. The van der Waals surface area contributed by atoms with Gasteiger partial charge in [-0.25, -0.2) is 4.98 Å². The average Bonchev–Trinajstić information content (AvgIpc) is 2.75. The second-order valence-corrected chi connectivity index (χ2v) is 3.32. The van der Waals surface area contributed by atoms with Gasteiger partial charge in [0.2, 0.25) is 0 Å². The first-order valence-corrected chi connectivity index (χ1v) is 4.68. The monoisotopic (exact) mass is 240 g/mol. The number of aromatic nitrogens is 2. The fraction of sp³-hybridized carbons (Fsp3) is 0.0909. The summed E-state index contributed by atoms with van der Waals surface area (Å²) < 4.78 is 39.4. The third kappa shape index (κ3) is 2.06. The summed E-state index contributed by atoms with van der Waals surface area (Å²) in [6, 6.07) is 5.02. The summed E-state index contributed by atoms with van der Waals surface area (Å²) in [5.41, 5.74) is -0.845. The minimum Gasteiger partial charge on any atom is -0.296 e. The minimum atomic E-state index is -4.47. The van der Waals surface area contributed by atoms with Crippen LogP contribution in [-0.4, -0.2) is 15.8 Å². The Balaban J connectivity index is 2.64. The van der Waals surface area contributed by atoms with Crippen LogP contribution in [0.2, 0.25) is 0 Å². The second-order valence-electron chi connectivity index (χ2n) is 3.32. The van der Waals surface area contributed by atoms with Crippen molar-refractivity contribution < 1.29 is 18.0 Å². The lowest BCUT2D eigenvalue weighted by Gasteiger charge is -2.13. The molecule has 0 aliphatic heterocycles. The van der Waals surface area contributed by atoms with Gasteiger partial charge in [0.15, 0.2) is 6.29 Å². The topological polar surface area (TPSA) is 34.9 Å². The number of imidazole rings is 1. The molecule has 6 heteroatoms. The number of hydrogen-bond acceptors (Lipinski definition) is 2. The first kappa shape index (κ1) is 11.4. The smallest absolute Gasteiger partial charge is 0.296 e. The molecule has 1 aromatic carbocycles. The van der Waals surface area contributed by atoms with Crippen LogP contribution in [0.4, 0.5) is 13.2 Å². The van der Waals surface area contributed by atoms with Crippen LogP contribution in [0, 0.1) is 0 Å². The van der Waals surface area contributed by atoms with Gasteiger partial charge in [-0.15, -0.1) is 0 Å². The van der Waals surface area contributed by atoms with E-state index < -0.39 is 11.7 Å². The van der Waals surface area contributed by atoms with Gasteiger partial charge in [0, 0.05) is 0 Å². The van der Waals surface area contributed by atoms with Crippen LogP contribution in [0.1, 0.15) is 16.1 Å². The summed E-state index contributed by atoms with van der Waals surface area (Å²) in [6.07, 6.45) is -1.63. The van der Waals surface area contributed by atoms with Gasteiger partial charge >= 0.3 is 6.18 Å². The molecule has 1 aromatic heterocycles. The third-order valence-corrected chi connectivity index (χ3v) is 2.26. The minimum absolute atomic E-state index is 0.0710. The quantitative estimate of drug-likeness (QED) is 0.756. The van der Waals surface area contributed by atoms with Gasteiger partial charge in [0.1, 0.15) is 5.69 Å². The average molecular weight is 240 g/mol. The zero-order valence-corrected chi connectivity index (χ0v) is 8.48. The third-order valence-electron chi connectivity index (χ3n) is 2.26. The van der Waals surface area contributed by atoms with Crippen molar-refractivity contribution in [2.24, 2.45) is 0 Å². The van der Waals surface area contributed by atoms with Crippen LogP contribution in [0.5, 0.6) is 0 Å². The summed E-state index contributed by atoms with van der Waals surface area (Å²) in [7, 11) is 0. The van der Waals surface area contributed by atoms with Gasteiger partial charge in [-0.2, -0.15) is 13.2 Å². The van der Waals surface area contributed by atoms with E-state index in [1.807, 2.05) is 0 Å². The second kappa shape index (κ2) is 4.04. The molecule has 0 bridgehead atoms. The lowest BCUT2D eigenvalue weighted by molar-refractivity contribution is -0.137. The number of aldehydes is 1. The molecule has 0 amide bonds. The predicted molar refractivity (Wildman–Crippen MR) is 54.0 cm³/mol. The highest BCUT2D eigenvalue weighted by Gasteiger charge is 2.33. The number of carbonyl (C=O) groups excluding carboxylic acids is 1. The number of alkyl halides is 3. The van der Waals surface area contributed by atoms with Crippen molar-refractivity contribution in [1.29, 1.82) is 0 Å². The Morgan fingerprint density at radius 2 is 1.94 bits per heavy atom. The Kier molecular flexibility index (Phi) is 2.71. The van der Waals surface area contributed by atoms with Gasteiger partial charge in [0.05, 0.1) is 23.8 Å². The van der Waals surface area contributed by atoms with Gasteiger partial charge in [-0.05, 0) is 12.1 Å². The Morgan fingerprint density at radius 1 is 1.24 bits per heavy atom. The van der Waals surface area contributed by atoms with Crippen LogP contribution < -0.4 is 0 Å². The molecule has 0 aliphatic rings. The number of benzene rings is 1. The van der Waals surface area contributed by atoms with Crippen molar-refractivity contribution >= 4 is 6.29 Å².